The molecule has 1 fully saturated rings. The molecule has 0 aliphatic carbocycles. The Balaban J connectivity index is 1.82. The fourth-order valence-corrected chi connectivity index (χ4v) is 4.25. The second-order valence-corrected chi connectivity index (χ2v) is 6.68. The van der Waals surface area contributed by atoms with Gasteiger partial charge in [-0.2, -0.15) is 11.8 Å². The van der Waals surface area contributed by atoms with E-state index in [0.717, 1.165) is 28.7 Å². The predicted octanol–water partition coefficient (Wildman–Crippen LogP) is 4.11. The minimum atomic E-state index is 0.768. The van der Waals surface area contributed by atoms with E-state index in [-0.39, 0.29) is 0 Å². The van der Waals surface area contributed by atoms with Crippen molar-refractivity contribution in [1.82, 2.24) is 4.98 Å². The molecule has 17 heavy (non-hydrogen) atoms. The van der Waals surface area contributed by atoms with Gasteiger partial charge >= 0.3 is 0 Å². The van der Waals surface area contributed by atoms with Crippen LogP contribution in [0.15, 0.2) is 17.6 Å². The summed E-state index contributed by atoms with van der Waals surface area (Å²) in [5.74, 6) is 3.32. The van der Waals surface area contributed by atoms with Crippen molar-refractivity contribution in [1.29, 1.82) is 0 Å². The molecule has 0 bridgehead atoms. The normalized spacial score (nSPS) is 19.9. The van der Waals surface area contributed by atoms with E-state index >= 15 is 0 Å². The van der Waals surface area contributed by atoms with Gasteiger partial charge < -0.3 is 5.32 Å². The van der Waals surface area contributed by atoms with Crippen LogP contribution in [0.2, 0.25) is 5.02 Å². The monoisotopic (exact) mass is 284 g/mol. The van der Waals surface area contributed by atoms with E-state index < -0.39 is 0 Å². The van der Waals surface area contributed by atoms with Crippen molar-refractivity contribution in [3.05, 3.63) is 22.7 Å². The second-order valence-electron chi connectivity index (χ2n) is 4.23. The number of fused-ring (bicyclic) bond motifs is 1. The summed E-state index contributed by atoms with van der Waals surface area (Å²) in [6.07, 6.45) is 1.31. The predicted molar refractivity (Wildman–Crippen MR) is 78.6 cm³/mol. The van der Waals surface area contributed by atoms with E-state index in [1.807, 2.05) is 29.4 Å². The third kappa shape index (κ3) is 2.39. The number of hydrogen-bond acceptors (Lipinski definition) is 4. The first kappa shape index (κ1) is 11.6. The molecule has 2 nitrogen and oxygen atoms in total. The molecule has 2 aromatic rings. The van der Waals surface area contributed by atoms with Crippen molar-refractivity contribution in [3.63, 3.8) is 0 Å². The van der Waals surface area contributed by atoms with Gasteiger partial charge in [0.1, 0.15) is 5.52 Å². The number of thioether (sulfide) groups is 1. The Labute approximate surface area is 114 Å². The smallest absolute Gasteiger partial charge is 0.106 e. The van der Waals surface area contributed by atoms with Gasteiger partial charge in [0.25, 0.3) is 0 Å². The molecule has 1 aliphatic rings. The number of aromatic nitrogens is 1. The van der Waals surface area contributed by atoms with Crippen molar-refractivity contribution in [2.24, 2.45) is 5.92 Å². The summed E-state index contributed by atoms with van der Waals surface area (Å²) in [5, 5.41) is 4.26. The number of anilines is 1. The van der Waals surface area contributed by atoms with Crippen LogP contribution < -0.4 is 5.32 Å². The summed E-state index contributed by atoms with van der Waals surface area (Å²) in [6, 6.07) is 3.99. The lowest BCUT2D eigenvalue weighted by Gasteiger charge is -2.12. The van der Waals surface area contributed by atoms with Crippen LogP contribution in [0.25, 0.3) is 10.2 Å². The highest BCUT2D eigenvalue weighted by Crippen LogP contribution is 2.33. The van der Waals surface area contributed by atoms with Crippen LogP contribution in [0.5, 0.6) is 0 Å². The van der Waals surface area contributed by atoms with Gasteiger partial charge in [0.05, 0.1) is 20.9 Å². The first-order valence-corrected chi connectivity index (χ1v) is 8.09. The average Bonchev–Trinajstić information content (AvgIpc) is 2.97. The van der Waals surface area contributed by atoms with E-state index in [1.54, 1.807) is 11.3 Å². The summed E-state index contributed by atoms with van der Waals surface area (Å²) in [5.41, 5.74) is 3.88. The third-order valence-electron chi connectivity index (χ3n) is 3.04. The molecule has 90 valence electrons. The van der Waals surface area contributed by atoms with Gasteiger partial charge in [-0.3, -0.25) is 0 Å². The number of halogens is 1. The third-order valence-corrected chi connectivity index (χ3v) is 5.38. The highest BCUT2D eigenvalue weighted by molar-refractivity contribution is 7.99. The Kier molecular flexibility index (Phi) is 3.45. The maximum absolute atomic E-state index is 6.24. The number of hydrogen-bond donors (Lipinski definition) is 1. The molecule has 5 heteroatoms. The van der Waals surface area contributed by atoms with E-state index in [4.69, 9.17) is 11.6 Å². The molecule has 3 rings (SSSR count). The fourth-order valence-electron chi connectivity index (χ4n) is 2.07. The quantitative estimate of drug-likeness (QED) is 0.918. The van der Waals surface area contributed by atoms with Crippen molar-refractivity contribution in [3.8, 4) is 0 Å². The molecule has 1 aliphatic heterocycles. The summed E-state index contributed by atoms with van der Waals surface area (Å²) >= 11 is 9.94. The molecule has 2 heterocycles. The highest BCUT2D eigenvalue weighted by Gasteiger charge is 2.16. The molecule has 0 radical (unpaired) electrons. The van der Waals surface area contributed by atoms with Gasteiger partial charge in [-0.25, -0.2) is 4.98 Å². The summed E-state index contributed by atoms with van der Waals surface area (Å²) < 4.78 is 1.19. The molecular formula is C12H13ClN2S2. The van der Waals surface area contributed by atoms with Crippen molar-refractivity contribution in [2.75, 3.05) is 23.4 Å². The Bertz CT molecular complexity index is 520. The Morgan fingerprint density at radius 3 is 3.24 bits per heavy atom. The lowest BCUT2D eigenvalue weighted by molar-refractivity contribution is 0.632. The van der Waals surface area contributed by atoms with Crippen LogP contribution in [0.1, 0.15) is 6.42 Å². The number of nitrogens with zero attached hydrogens (tertiary/aromatic N) is 1. The van der Waals surface area contributed by atoms with Crippen LogP contribution >= 0.6 is 34.7 Å². The maximum Gasteiger partial charge on any atom is 0.106 e. The zero-order chi connectivity index (χ0) is 11.7. The summed E-state index contributed by atoms with van der Waals surface area (Å²) in [6.45, 7) is 1.00. The van der Waals surface area contributed by atoms with Crippen LogP contribution in [0.4, 0.5) is 5.69 Å². The number of rotatable bonds is 3. The Morgan fingerprint density at radius 2 is 2.41 bits per heavy atom. The number of thiazole rings is 1. The lowest BCUT2D eigenvalue weighted by Crippen LogP contribution is -2.13. The molecule has 1 N–H and O–H groups in total. The number of benzene rings is 1. The molecule has 0 spiro atoms. The average molecular weight is 285 g/mol. The van der Waals surface area contributed by atoms with Gasteiger partial charge in [0, 0.05) is 6.54 Å². The highest BCUT2D eigenvalue weighted by atomic mass is 35.5. The largest absolute Gasteiger partial charge is 0.382 e. The standard InChI is InChI=1S/C12H13ClN2S2/c13-9-1-2-10-12(15-7-17-10)11(9)14-5-8-3-4-16-6-8/h1-2,7-8,14H,3-6H2. The van der Waals surface area contributed by atoms with Crippen LogP contribution in [-0.2, 0) is 0 Å². The van der Waals surface area contributed by atoms with Crippen molar-refractivity contribution in [2.45, 2.75) is 6.42 Å². The second kappa shape index (κ2) is 5.04. The minimum absolute atomic E-state index is 0.768. The summed E-state index contributed by atoms with van der Waals surface area (Å²) in [7, 11) is 0. The van der Waals surface area contributed by atoms with Gasteiger partial charge in [-0.05, 0) is 36.0 Å². The first-order valence-electron chi connectivity index (χ1n) is 5.68. The fraction of sp³-hybridized carbons (Fsp3) is 0.417. The van der Waals surface area contributed by atoms with E-state index in [9.17, 15) is 0 Å². The van der Waals surface area contributed by atoms with Gasteiger partial charge in [-0.1, -0.05) is 11.6 Å². The maximum atomic E-state index is 6.24. The molecule has 1 unspecified atom stereocenters. The molecule has 1 atom stereocenters. The van der Waals surface area contributed by atoms with Crippen LogP contribution in [0, 0.1) is 5.92 Å². The molecule has 0 saturated carbocycles. The van der Waals surface area contributed by atoms with Gasteiger partial charge in [0.15, 0.2) is 0 Å². The SMILES string of the molecule is Clc1ccc2scnc2c1NCC1CCSC1. The number of nitrogens with one attached hydrogen (secondary N) is 1. The van der Waals surface area contributed by atoms with Crippen molar-refractivity contribution >= 4 is 50.6 Å². The molecule has 1 saturated heterocycles. The molecule has 1 aromatic carbocycles. The molecule has 1 aromatic heterocycles. The van der Waals surface area contributed by atoms with E-state index in [0.29, 0.717) is 0 Å². The first-order chi connectivity index (χ1) is 8.34. The van der Waals surface area contributed by atoms with E-state index in [2.05, 4.69) is 10.3 Å². The van der Waals surface area contributed by atoms with Crippen molar-refractivity contribution < 1.29 is 0 Å². The van der Waals surface area contributed by atoms with Crippen LogP contribution in [-0.4, -0.2) is 23.0 Å². The zero-order valence-electron chi connectivity index (χ0n) is 9.28. The van der Waals surface area contributed by atoms with Crippen LogP contribution in [0.3, 0.4) is 0 Å². The zero-order valence-corrected chi connectivity index (χ0v) is 11.7. The van der Waals surface area contributed by atoms with E-state index in [1.165, 1.54) is 22.6 Å². The summed E-state index contributed by atoms with van der Waals surface area (Å²) in [4.78, 5) is 4.39. The molecular weight excluding hydrogens is 272 g/mol. The topological polar surface area (TPSA) is 24.9 Å². The van der Waals surface area contributed by atoms with Gasteiger partial charge in [-0.15, -0.1) is 11.3 Å². The van der Waals surface area contributed by atoms with Gasteiger partial charge in [0.2, 0.25) is 0 Å². The molecule has 0 amide bonds. The Hall–Kier alpha value is -0.450. The lowest BCUT2D eigenvalue weighted by atomic mass is 10.1. The Morgan fingerprint density at radius 1 is 1.47 bits per heavy atom. The minimum Gasteiger partial charge on any atom is -0.382 e.